The number of thiophene rings is 1. The summed E-state index contributed by atoms with van der Waals surface area (Å²) in [4.78, 5) is 29.8. The van der Waals surface area contributed by atoms with Gasteiger partial charge < -0.3 is 19.9 Å². The van der Waals surface area contributed by atoms with Gasteiger partial charge in [0.25, 0.3) is 0 Å². The number of carbonyl (C=O) groups is 2. The van der Waals surface area contributed by atoms with Crippen LogP contribution in [0.5, 0.6) is 0 Å². The van der Waals surface area contributed by atoms with E-state index in [9.17, 15) is 27.2 Å². The van der Waals surface area contributed by atoms with Crippen molar-refractivity contribution in [3.63, 3.8) is 0 Å². The van der Waals surface area contributed by atoms with Gasteiger partial charge in [0.1, 0.15) is 12.4 Å². The van der Waals surface area contributed by atoms with E-state index in [4.69, 9.17) is 4.74 Å². The molecule has 36 heavy (non-hydrogen) atoms. The Morgan fingerprint density at radius 3 is 2.33 bits per heavy atom. The Labute approximate surface area is 210 Å². The van der Waals surface area contributed by atoms with E-state index in [1.807, 2.05) is 17.5 Å². The van der Waals surface area contributed by atoms with Crippen molar-refractivity contribution in [2.24, 2.45) is 0 Å². The predicted octanol–water partition coefficient (Wildman–Crippen LogP) is 5.62. The van der Waals surface area contributed by atoms with Crippen molar-refractivity contribution >= 4 is 29.0 Å². The minimum atomic E-state index is -4.66. The lowest BCUT2D eigenvalue weighted by Gasteiger charge is -2.28. The molecule has 0 bridgehead atoms. The zero-order chi connectivity index (χ0) is 26.1. The van der Waals surface area contributed by atoms with E-state index >= 15 is 0 Å². The number of para-hydroxylation sites is 1. The van der Waals surface area contributed by atoms with Gasteiger partial charge in [0.05, 0.1) is 24.4 Å². The number of amides is 3. The molecular weight excluding hydrogens is 498 g/mol. The minimum Gasteiger partial charge on any atom is -0.383 e. The molecule has 0 atom stereocenters. The first-order chi connectivity index (χ1) is 17.2. The highest BCUT2D eigenvalue weighted by Crippen LogP contribution is 2.34. The summed E-state index contributed by atoms with van der Waals surface area (Å²) in [5, 5.41) is 4.14. The third-order valence-corrected chi connectivity index (χ3v) is 6.08. The first-order valence-electron chi connectivity index (χ1n) is 10.9. The largest absolute Gasteiger partial charge is 0.418 e. The Hall–Kier alpha value is -3.44. The molecule has 3 amide bonds. The summed E-state index contributed by atoms with van der Waals surface area (Å²) in [5.74, 6) is -0.834. The maximum atomic E-state index is 13.4. The average Bonchev–Trinajstić information content (AvgIpc) is 3.35. The van der Waals surface area contributed by atoms with Crippen molar-refractivity contribution < 1.29 is 31.9 Å². The van der Waals surface area contributed by atoms with Crippen LogP contribution in [-0.4, -0.2) is 48.5 Å². The molecule has 0 fully saturated rings. The molecule has 6 nitrogen and oxygen atoms in total. The predicted molar refractivity (Wildman–Crippen MR) is 129 cm³/mol. The van der Waals surface area contributed by atoms with E-state index in [1.165, 1.54) is 47.6 Å². The number of carbonyl (C=O) groups excluding carboxylic acids is 2. The molecule has 0 spiro atoms. The molecule has 3 aromatic rings. The van der Waals surface area contributed by atoms with E-state index in [1.54, 1.807) is 12.1 Å². The molecule has 3 rings (SSSR count). The molecule has 0 unspecified atom stereocenters. The van der Waals surface area contributed by atoms with E-state index in [-0.39, 0.29) is 26.2 Å². The molecule has 1 N–H and O–H groups in total. The Kier molecular flexibility index (Phi) is 9.43. The summed E-state index contributed by atoms with van der Waals surface area (Å²) in [5.41, 5.74) is -0.716. The fourth-order valence-corrected chi connectivity index (χ4v) is 4.10. The fraction of sp³-hybridized carbons (Fsp3) is 0.280. The van der Waals surface area contributed by atoms with Crippen LogP contribution >= 0.6 is 11.3 Å². The van der Waals surface area contributed by atoms with Crippen LogP contribution in [0.25, 0.3) is 0 Å². The highest BCUT2D eigenvalue weighted by atomic mass is 32.1. The van der Waals surface area contributed by atoms with Gasteiger partial charge >= 0.3 is 12.2 Å². The lowest BCUT2D eigenvalue weighted by Crippen LogP contribution is -2.45. The minimum absolute atomic E-state index is 0.0222. The highest BCUT2D eigenvalue weighted by Gasteiger charge is 2.34. The number of alkyl halides is 3. The number of methoxy groups -OCH3 is 1. The van der Waals surface area contributed by atoms with E-state index in [2.05, 4.69) is 5.32 Å². The third-order valence-electron chi connectivity index (χ3n) is 5.22. The number of rotatable bonds is 10. The average molecular weight is 524 g/mol. The zero-order valence-corrected chi connectivity index (χ0v) is 20.2. The SMILES string of the molecule is COCCN(CC(=O)N(Cc1ccc(F)cc1)Cc1cccs1)C(=O)Nc1ccccc1C(F)(F)F. The lowest BCUT2D eigenvalue weighted by molar-refractivity contribution is -0.137. The molecule has 0 aliphatic carbocycles. The van der Waals surface area contributed by atoms with Gasteiger partial charge in [-0.25, -0.2) is 9.18 Å². The second-order valence-corrected chi connectivity index (χ2v) is 8.88. The smallest absolute Gasteiger partial charge is 0.383 e. The maximum absolute atomic E-state index is 13.4. The summed E-state index contributed by atoms with van der Waals surface area (Å²) >= 11 is 1.45. The Balaban J connectivity index is 1.79. The normalized spacial score (nSPS) is 11.2. The number of nitrogens with one attached hydrogen (secondary N) is 1. The molecule has 11 heteroatoms. The van der Waals surface area contributed by atoms with Gasteiger partial charge in [0, 0.05) is 25.1 Å². The Morgan fingerprint density at radius 1 is 0.972 bits per heavy atom. The number of hydrogen-bond donors (Lipinski definition) is 1. The maximum Gasteiger partial charge on any atom is 0.418 e. The van der Waals surface area contributed by atoms with Crippen LogP contribution in [0.15, 0.2) is 66.0 Å². The monoisotopic (exact) mass is 523 g/mol. The van der Waals surface area contributed by atoms with Crippen molar-refractivity contribution in [1.29, 1.82) is 0 Å². The molecule has 1 heterocycles. The van der Waals surface area contributed by atoms with Crippen molar-refractivity contribution in [2.75, 3.05) is 32.1 Å². The molecule has 1 aromatic heterocycles. The van der Waals surface area contributed by atoms with Crippen LogP contribution in [0.3, 0.4) is 0 Å². The van der Waals surface area contributed by atoms with Crippen LogP contribution in [-0.2, 0) is 28.8 Å². The van der Waals surface area contributed by atoms with Gasteiger partial charge in [-0.15, -0.1) is 11.3 Å². The summed E-state index contributed by atoms with van der Waals surface area (Å²) < 4.78 is 58.4. The van der Waals surface area contributed by atoms with Crippen molar-refractivity contribution in [3.8, 4) is 0 Å². The summed E-state index contributed by atoms with van der Waals surface area (Å²) in [6.45, 7) is 0.0737. The number of urea groups is 1. The topological polar surface area (TPSA) is 61.9 Å². The van der Waals surface area contributed by atoms with E-state index in [0.717, 1.165) is 21.9 Å². The van der Waals surface area contributed by atoms with E-state index in [0.29, 0.717) is 5.56 Å². The number of ether oxygens (including phenoxy) is 1. The van der Waals surface area contributed by atoms with Crippen LogP contribution < -0.4 is 5.32 Å². The summed E-state index contributed by atoms with van der Waals surface area (Å²) in [7, 11) is 1.41. The Bertz CT molecular complexity index is 1140. The Morgan fingerprint density at radius 2 is 1.69 bits per heavy atom. The molecule has 0 aliphatic rings. The molecule has 0 saturated heterocycles. The number of anilines is 1. The number of halogens is 4. The van der Waals surface area contributed by atoms with Gasteiger partial charge in [-0.1, -0.05) is 30.3 Å². The molecule has 192 valence electrons. The van der Waals surface area contributed by atoms with Crippen LogP contribution in [0, 0.1) is 5.82 Å². The fourth-order valence-electron chi connectivity index (χ4n) is 3.38. The molecular formula is C25H25F4N3O3S. The first-order valence-corrected chi connectivity index (χ1v) is 11.8. The van der Waals surface area contributed by atoms with Gasteiger partial charge in [0.2, 0.25) is 5.91 Å². The molecule has 0 radical (unpaired) electrons. The standard InChI is InChI=1S/C25H25F4N3O3S/c1-35-13-12-31(24(34)30-22-7-3-2-6-21(22)25(27,28)29)17-23(33)32(16-20-5-4-14-36-20)15-18-8-10-19(26)11-9-18/h2-11,14H,12-13,15-17H2,1H3,(H,30,34). The summed E-state index contributed by atoms with van der Waals surface area (Å²) in [6, 6.07) is 13.2. The van der Waals surface area contributed by atoms with Crippen molar-refractivity contribution in [2.45, 2.75) is 19.3 Å². The van der Waals surface area contributed by atoms with Crippen LogP contribution in [0.1, 0.15) is 16.0 Å². The molecule has 2 aromatic carbocycles. The van der Waals surface area contributed by atoms with Gasteiger partial charge in [0.15, 0.2) is 0 Å². The number of hydrogen-bond acceptors (Lipinski definition) is 4. The zero-order valence-electron chi connectivity index (χ0n) is 19.4. The van der Waals surface area contributed by atoms with Crippen molar-refractivity contribution in [1.82, 2.24) is 9.80 Å². The second kappa shape index (κ2) is 12.5. The van der Waals surface area contributed by atoms with Crippen LogP contribution in [0.4, 0.5) is 28.0 Å². The summed E-state index contributed by atoms with van der Waals surface area (Å²) in [6.07, 6.45) is -4.66. The molecule has 0 saturated carbocycles. The van der Waals surface area contributed by atoms with E-state index < -0.39 is 41.7 Å². The highest BCUT2D eigenvalue weighted by molar-refractivity contribution is 7.09. The number of benzene rings is 2. The van der Waals surface area contributed by atoms with Crippen molar-refractivity contribution in [3.05, 3.63) is 87.9 Å². The van der Waals surface area contributed by atoms with Crippen LogP contribution in [0.2, 0.25) is 0 Å². The lowest BCUT2D eigenvalue weighted by atomic mass is 10.1. The molecule has 0 aliphatic heterocycles. The van der Waals surface area contributed by atoms with Gasteiger partial charge in [-0.2, -0.15) is 13.2 Å². The van der Waals surface area contributed by atoms with Gasteiger partial charge in [-0.05, 0) is 41.3 Å². The van der Waals surface area contributed by atoms with Gasteiger partial charge in [-0.3, -0.25) is 4.79 Å². The second-order valence-electron chi connectivity index (χ2n) is 7.84. The number of nitrogens with zero attached hydrogens (tertiary/aromatic N) is 2. The first kappa shape index (κ1) is 27.2. The quantitative estimate of drug-likeness (QED) is 0.351. The third kappa shape index (κ3) is 7.79.